The van der Waals surface area contributed by atoms with Crippen LogP contribution >= 0.6 is 0 Å². The van der Waals surface area contributed by atoms with Crippen molar-refractivity contribution in [2.24, 2.45) is 0 Å². The molecule has 9 heteroatoms. The van der Waals surface area contributed by atoms with Crippen molar-refractivity contribution in [2.75, 3.05) is 0 Å². The minimum absolute atomic E-state index is 0.829. The van der Waals surface area contributed by atoms with Crippen LogP contribution in [0.25, 0.3) is 314 Å². The molecule has 3 aliphatic rings. The minimum Gasteiger partial charge on any atom is -0.292 e. The Balaban J connectivity index is 0.0000000990. The average Bonchev–Trinajstić information content (AvgIpc) is 1.55. The summed E-state index contributed by atoms with van der Waals surface area (Å²) in [7, 11) is 0. The number of nitrogens with zero attached hydrogens (tertiary/aromatic N) is 9. The first-order chi connectivity index (χ1) is 71.9. The number of hydrogen-bond acceptors (Lipinski definition) is 6. The molecule has 6 aromatic heterocycles. The highest BCUT2D eigenvalue weighted by molar-refractivity contribution is 6.31. The van der Waals surface area contributed by atoms with Crippen molar-refractivity contribution in [2.45, 2.75) is 0 Å². The fraction of sp³-hybridized carbons (Fsp3) is 0. The highest BCUT2D eigenvalue weighted by Gasteiger charge is 2.33. The molecule has 33 rings (SSSR count). The van der Waals surface area contributed by atoms with Crippen LogP contribution in [0.3, 0.4) is 0 Å². The Morgan fingerprint density at radius 1 is 0.131 bits per heavy atom. The second kappa shape index (κ2) is 31.5. The molecule has 0 fully saturated rings. The lowest BCUT2D eigenvalue weighted by molar-refractivity contribution is 1.08. The predicted octanol–water partition coefficient (Wildman–Crippen LogP) is 35.5. The lowest BCUT2D eigenvalue weighted by Gasteiger charge is -2.16. The molecule has 0 bridgehead atoms. The van der Waals surface area contributed by atoms with E-state index in [0.717, 1.165) is 155 Å². The van der Waals surface area contributed by atoms with E-state index >= 15 is 0 Å². The monoisotopic (exact) mass is 1840 g/mol. The number of aromatic nitrogens is 9. The van der Waals surface area contributed by atoms with Gasteiger partial charge in [-0.2, -0.15) is 0 Å². The van der Waals surface area contributed by atoms with Crippen molar-refractivity contribution in [1.29, 1.82) is 0 Å². The zero-order valence-corrected chi connectivity index (χ0v) is 78.1. The van der Waals surface area contributed by atoms with Gasteiger partial charge in [-0.25, -0.2) is 29.9 Å². The Morgan fingerprint density at radius 3 is 0.759 bits per heavy atom. The molecule has 145 heavy (non-hydrogen) atoms. The Kier molecular flexibility index (Phi) is 17.5. The summed E-state index contributed by atoms with van der Waals surface area (Å²) in [5.41, 5.74) is 37.6. The number of fused-ring (bicyclic) bond motifs is 16. The van der Waals surface area contributed by atoms with Gasteiger partial charge in [0, 0.05) is 65.2 Å². The highest BCUT2D eigenvalue weighted by Crippen LogP contribution is 2.56. The van der Waals surface area contributed by atoms with Gasteiger partial charge in [0.1, 0.15) is 17.1 Å². The van der Waals surface area contributed by atoms with Crippen LogP contribution in [0.1, 0.15) is 0 Å². The van der Waals surface area contributed by atoms with Gasteiger partial charge in [-0.3, -0.25) is 13.7 Å². The summed E-state index contributed by atoms with van der Waals surface area (Å²) >= 11 is 0. The molecule has 0 saturated carbocycles. The maximum Gasteiger partial charge on any atom is 0.165 e. The molecule has 668 valence electrons. The van der Waals surface area contributed by atoms with E-state index in [-0.39, 0.29) is 0 Å². The van der Waals surface area contributed by atoms with E-state index in [2.05, 4.69) is 493 Å². The van der Waals surface area contributed by atoms with Gasteiger partial charge in [0.25, 0.3) is 0 Å². The van der Waals surface area contributed by atoms with Gasteiger partial charge in [0.15, 0.2) is 17.5 Å². The van der Waals surface area contributed by atoms with Crippen LogP contribution < -0.4 is 0 Å². The zero-order valence-electron chi connectivity index (χ0n) is 78.1. The van der Waals surface area contributed by atoms with Gasteiger partial charge < -0.3 is 0 Å². The third-order valence-electron chi connectivity index (χ3n) is 30.7. The van der Waals surface area contributed by atoms with Crippen molar-refractivity contribution >= 4 is 174 Å². The van der Waals surface area contributed by atoms with Crippen LogP contribution in [0, 0.1) is 0 Å². The Morgan fingerprint density at radius 2 is 0.372 bits per heavy atom. The van der Waals surface area contributed by atoms with E-state index in [1.54, 1.807) is 0 Å². The smallest absolute Gasteiger partial charge is 0.165 e. The van der Waals surface area contributed by atoms with Gasteiger partial charge in [0.05, 0.1) is 66.2 Å². The lowest BCUT2D eigenvalue weighted by atomic mass is 9.93. The van der Waals surface area contributed by atoms with Crippen molar-refractivity contribution in [1.82, 2.24) is 43.6 Å². The van der Waals surface area contributed by atoms with E-state index in [1.807, 2.05) is 0 Å². The number of hydrogen-bond donors (Lipinski definition) is 0. The topological polar surface area (TPSA) is 92.1 Å². The predicted molar refractivity (Wildman–Crippen MR) is 605 cm³/mol. The maximum atomic E-state index is 5.61. The van der Waals surface area contributed by atoms with E-state index in [1.165, 1.54) is 159 Å². The fourth-order valence-corrected chi connectivity index (χ4v) is 24.4. The van der Waals surface area contributed by atoms with Crippen molar-refractivity contribution in [3.05, 3.63) is 479 Å². The zero-order chi connectivity index (χ0) is 94.7. The molecule has 0 radical (unpaired) electrons. The molecule has 0 amide bonds. The van der Waals surface area contributed by atoms with Crippen LogP contribution in [-0.4, -0.2) is 43.6 Å². The van der Waals surface area contributed by atoms with Gasteiger partial charge in [-0.15, -0.1) is 0 Å². The molecule has 3 aliphatic carbocycles. The largest absolute Gasteiger partial charge is 0.292 e. The van der Waals surface area contributed by atoms with Crippen molar-refractivity contribution in [3.8, 4) is 140 Å². The molecule has 24 aromatic carbocycles. The summed E-state index contributed by atoms with van der Waals surface area (Å²) in [6, 6.07) is 172. The van der Waals surface area contributed by atoms with E-state index < -0.39 is 0 Å². The van der Waals surface area contributed by atoms with E-state index in [9.17, 15) is 0 Å². The van der Waals surface area contributed by atoms with Gasteiger partial charge in [-0.1, -0.05) is 413 Å². The minimum atomic E-state index is 0.829. The van der Waals surface area contributed by atoms with Crippen molar-refractivity contribution < 1.29 is 0 Å². The Labute approximate surface area is 831 Å². The summed E-state index contributed by atoms with van der Waals surface area (Å²) in [5.74, 6) is 2.50. The summed E-state index contributed by atoms with van der Waals surface area (Å²) < 4.78 is 7.09. The van der Waals surface area contributed by atoms with Crippen LogP contribution in [0.4, 0.5) is 0 Å². The SMILES string of the molecule is c1ccc(-c2ccc(-c3nc4ccc5ccccc5c4nc3-n3c4cccc5c4c4c(cccc43)-c3cccc4cccc-5c34)cc2)cc1.c1ccc(-c2cccc(-c3nc4ccc5ccccc5c4nc3-n3c4cccc5c4c4c(cccc43)-c3cccc4cccc-5c34)c2)cc1.c1ccc2cc(-c3nc4c(ccc5ccccc54)nc3-n3c4cccc5c4c4c(cccc43)-c3cccc4cccc-5c34)ccc2c1. The first-order valence-corrected chi connectivity index (χ1v) is 49.6. The quantitative estimate of drug-likeness (QED) is 0.141. The maximum absolute atomic E-state index is 5.61. The van der Waals surface area contributed by atoms with Gasteiger partial charge in [0.2, 0.25) is 0 Å². The third kappa shape index (κ3) is 12.1. The molecule has 6 heterocycles. The summed E-state index contributed by atoms with van der Waals surface area (Å²) in [6.07, 6.45) is 0. The van der Waals surface area contributed by atoms with Crippen LogP contribution in [0.5, 0.6) is 0 Å². The highest BCUT2D eigenvalue weighted by atomic mass is 15.1. The van der Waals surface area contributed by atoms with Crippen LogP contribution in [0.15, 0.2) is 479 Å². The van der Waals surface area contributed by atoms with Crippen LogP contribution in [-0.2, 0) is 0 Å². The molecule has 9 nitrogen and oxygen atoms in total. The number of rotatable bonds is 8. The van der Waals surface area contributed by atoms with Crippen molar-refractivity contribution in [3.63, 3.8) is 0 Å². The summed E-state index contributed by atoms with van der Waals surface area (Å²) in [5, 5.41) is 24.4. The van der Waals surface area contributed by atoms with Gasteiger partial charge >= 0.3 is 0 Å². The van der Waals surface area contributed by atoms with E-state index in [0.29, 0.717) is 0 Å². The third-order valence-corrected chi connectivity index (χ3v) is 30.7. The average molecular weight is 1840 g/mol. The summed E-state index contributed by atoms with van der Waals surface area (Å²) in [4.78, 5) is 33.1. The standard InChI is InChI=1S/2C46H27N3.C44H25N3/c1-2-11-28(12-3-1)31-16-6-17-32(27-31)44-46(48-45-33-18-5-4-13-29(33)25-26-38(45)47-44)49-39-23-9-21-36-34-19-7-14-30-15-8-20-35(41(30)34)37-22-10-24-40(49)43(37)42(36)39;1-2-10-28(11-3-1)29-22-24-32(25-23-29)44-46(48-45-33-15-5-4-12-30(33)26-27-38(45)47-44)49-39-20-8-18-36-34-16-6-13-31-14-7-17-35(41(31)34)37-19-9-21-40(49)43(37)42(36)39;1-2-11-29-25-30(22-21-26(29)9-1)42-44(45-36-24-23-27-10-3-4-14-31(27)43(36)46-42)47-37-19-7-17-34-32-15-5-12-28-13-6-16-33(39(28)32)35-18-8-20-38(47)41(35)40(34)37/h2*1-27H;1-25H. The van der Waals surface area contributed by atoms with Gasteiger partial charge in [-0.05, 0) is 215 Å². The second-order valence-electron chi connectivity index (χ2n) is 38.4. The molecule has 0 spiro atoms. The first-order valence-electron chi connectivity index (χ1n) is 49.6. The molecule has 0 N–H and O–H groups in total. The molecular formula is C136H79N9. The molecular weight excluding hydrogens is 1760 g/mol. The molecule has 0 aliphatic heterocycles. The Bertz CT molecular complexity index is 10600. The fourth-order valence-electron chi connectivity index (χ4n) is 24.4. The Hall–Kier alpha value is -19.5. The normalized spacial score (nSPS) is 12.1. The lowest BCUT2D eigenvalue weighted by Crippen LogP contribution is -2.04. The molecule has 0 unspecified atom stereocenters. The van der Waals surface area contributed by atoms with Crippen LogP contribution in [0.2, 0.25) is 0 Å². The molecule has 0 atom stereocenters. The van der Waals surface area contributed by atoms with E-state index in [4.69, 9.17) is 29.9 Å². The molecule has 30 aromatic rings. The first kappa shape index (κ1) is 80.5. The summed E-state index contributed by atoms with van der Waals surface area (Å²) in [6.45, 7) is 0. The molecule has 0 saturated heterocycles. The number of benzene rings is 24. The second-order valence-corrected chi connectivity index (χ2v) is 38.4.